The number of piperidine rings is 1. The fourth-order valence-electron chi connectivity index (χ4n) is 2.50. The number of nitrogens with zero attached hydrogens (tertiary/aromatic N) is 4. The first-order chi connectivity index (χ1) is 9.78. The zero-order valence-corrected chi connectivity index (χ0v) is 13.9. The van der Waals surface area contributed by atoms with Crippen molar-refractivity contribution in [3.63, 3.8) is 0 Å². The van der Waals surface area contributed by atoms with E-state index in [4.69, 9.17) is 4.74 Å². The third-order valence-electron chi connectivity index (χ3n) is 3.65. The molecule has 0 radical (unpaired) electrons. The quantitative estimate of drug-likeness (QED) is 0.743. The molecule has 0 aromatic carbocycles. The van der Waals surface area contributed by atoms with Crippen LogP contribution in [0.2, 0.25) is 0 Å². The van der Waals surface area contributed by atoms with Crippen molar-refractivity contribution in [2.24, 2.45) is 0 Å². The van der Waals surface area contributed by atoms with Gasteiger partial charge in [-0.25, -0.2) is 4.98 Å². The largest absolute Gasteiger partial charge is 0.377 e. The lowest BCUT2D eigenvalue weighted by Gasteiger charge is -2.31. The Morgan fingerprint density at radius 1 is 1.15 bits per heavy atom. The van der Waals surface area contributed by atoms with Crippen LogP contribution in [0.4, 0.5) is 5.95 Å². The summed E-state index contributed by atoms with van der Waals surface area (Å²) in [5.74, 6) is 0.776. The van der Waals surface area contributed by atoms with Crippen LogP contribution in [0.3, 0.4) is 0 Å². The van der Waals surface area contributed by atoms with Crippen LogP contribution in [0.25, 0.3) is 0 Å². The molecule has 0 atom stereocenters. The first-order valence-corrected chi connectivity index (χ1v) is 8.55. The van der Waals surface area contributed by atoms with Crippen LogP contribution in [-0.4, -0.2) is 46.3 Å². The van der Waals surface area contributed by atoms with E-state index < -0.39 is 0 Å². The van der Waals surface area contributed by atoms with Crippen molar-refractivity contribution in [1.82, 2.24) is 15.2 Å². The molecule has 0 N–H and O–H groups in total. The molecule has 1 fully saturated rings. The third-order valence-corrected chi connectivity index (χ3v) is 3.98. The number of aromatic nitrogens is 3. The van der Waals surface area contributed by atoms with E-state index in [9.17, 15) is 0 Å². The number of ether oxygens (including phenoxy) is 1. The highest BCUT2D eigenvalue weighted by Gasteiger charge is 2.22. The second-order valence-electron chi connectivity index (χ2n) is 4.96. The van der Waals surface area contributed by atoms with Gasteiger partial charge in [0.1, 0.15) is 0 Å². The number of aryl methyl sites for hydroxylation is 2. The van der Waals surface area contributed by atoms with Crippen LogP contribution < -0.4 is 4.90 Å². The average Bonchev–Trinajstić information content (AvgIpc) is 2.52. The lowest BCUT2D eigenvalue weighted by atomic mass is 10.1. The molecule has 1 aromatic rings. The maximum atomic E-state index is 5.77. The predicted octanol–water partition coefficient (Wildman–Crippen LogP) is 2.38. The smallest absolute Gasteiger partial charge is 0.245 e. The van der Waals surface area contributed by atoms with Gasteiger partial charge >= 0.3 is 0 Å². The van der Waals surface area contributed by atoms with Gasteiger partial charge in [-0.05, 0) is 25.7 Å². The van der Waals surface area contributed by atoms with Crippen LogP contribution in [0, 0.1) is 0 Å². The van der Waals surface area contributed by atoms with E-state index in [1.807, 2.05) is 0 Å². The Labute approximate surface area is 129 Å². The molecule has 1 aromatic heterocycles. The van der Waals surface area contributed by atoms with Crippen LogP contribution in [-0.2, 0) is 17.6 Å². The van der Waals surface area contributed by atoms with Gasteiger partial charge in [0.25, 0.3) is 0 Å². The van der Waals surface area contributed by atoms with Crippen molar-refractivity contribution >= 4 is 21.9 Å². The van der Waals surface area contributed by atoms with Crippen molar-refractivity contribution in [3.8, 4) is 0 Å². The van der Waals surface area contributed by atoms with E-state index in [0.717, 1.165) is 68.0 Å². The molecule has 0 unspecified atom stereocenters. The summed E-state index contributed by atoms with van der Waals surface area (Å²) in [4.78, 5) is 6.90. The predicted molar refractivity (Wildman–Crippen MR) is 83.6 cm³/mol. The summed E-state index contributed by atoms with van der Waals surface area (Å²) in [7, 11) is 0. The molecule has 112 valence electrons. The Morgan fingerprint density at radius 3 is 2.45 bits per heavy atom. The molecule has 5 nitrogen and oxygen atoms in total. The Bertz CT molecular complexity index is 422. The minimum absolute atomic E-state index is 0.373. The number of hydrogen-bond donors (Lipinski definition) is 0. The van der Waals surface area contributed by atoms with Crippen molar-refractivity contribution in [2.75, 3.05) is 29.9 Å². The van der Waals surface area contributed by atoms with Gasteiger partial charge in [-0.1, -0.05) is 29.8 Å². The summed E-state index contributed by atoms with van der Waals surface area (Å²) in [5.41, 5.74) is 2.10. The van der Waals surface area contributed by atoms with Crippen LogP contribution in [0.1, 0.15) is 38.1 Å². The van der Waals surface area contributed by atoms with Gasteiger partial charge in [-0.2, -0.15) is 5.10 Å². The second-order valence-corrected chi connectivity index (χ2v) is 5.75. The third kappa shape index (κ3) is 3.88. The minimum atomic E-state index is 0.373. The molecule has 1 aliphatic rings. The lowest BCUT2D eigenvalue weighted by Crippen LogP contribution is -2.38. The second kappa shape index (κ2) is 7.88. The molecule has 6 heteroatoms. The Morgan fingerprint density at radius 2 is 1.85 bits per heavy atom. The topological polar surface area (TPSA) is 51.1 Å². The number of halogens is 1. The minimum Gasteiger partial charge on any atom is -0.377 e. The average molecular weight is 343 g/mol. The Balaban J connectivity index is 1.96. The van der Waals surface area contributed by atoms with Crippen molar-refractivity contribution < 1.29 is 4.74 Å². The van der Waals surface area contributed by atoms with Crippen molar-refractivity contribution in [2.45, 2.75) is 45.6 Å². The van der Waals surface area contributed by atoms with Gasteiger partial charge in [-0.15, -0.1) is 5.10 Å². The zero-order valence-electron chi connectivity index (χ0n) is 12.3. The number of rotatable bonds is 6. The molecule has 1 saturated heterocycles. The van der Waals surface area contributed by atoms with Gasteiger partial charge in [0.15, 0.2) is 0 Å². The molecule has 2 rings (SSSR count). The summed E-state index contributed by atoms with van der Waals surface area (Å²) in [6, 6.07) is 0. The summed E-state index contributed by atoms with van der Waals surface area (Å²) in [6.45, 7) is 6.89. The summed E-state index contributed by atoms with van der Waals surface area (Å²) >= 11 is 3.39. The highest BCUT2D eigenvalue weighted by Crippen LogP contribution is 2.19. The zero-order chi connectivity index (χ0) is 14.4. The van der Waals surface area contributed by atoms with Crippen LogP contribution >= 0.6 is 15.9 Å². The fourth-order valence-corrected chi connectivity index (χ4v) is 2.68. The highest BCUT2D eigenvalue weighted by atomic mass is 79.9. The lowest BCUT2D eigenvalue weighted by molar-refractivity contribution is 0.0478. The maximum Gasteiger partial charge on any atom is 0.245 e. The number of hydrogen-bond acceptors (Lipinski definition) is 5. The molecule has 0 spiro atoms. The Kier molecular flexibility index (Phi) is 6.16. The van der Waals surface area contributed by atoms with Gasteiger partial charge in [0, 0.05) is 18.4 Å². The van der Waals surface area contributed by atoms with Gasteiger partial charge in [-0.3, -0.25) is 0 Å². The molecule has 20 heavy (non-hydrogen) atoms. The number of anilines is 1. The van der Waals surface area contributed by atoms with Gasteiger partial charge < -0.3 is 9.64 Å². The molecular weight excluding hydrogens is 320 g/mol. The normalized spacial score (nSPS) is 16.6. The van der Waals surface area contributed by atoms with Crippen molar-refractivity contribution in [3.05, 3.63) is 11.4 Å². The first kappa shape index (κ1) is 15.6. The standard InChI is InChI=1S/C14H23BrN4O/c1-3-12-13(4-2)17-18-14(16-12)19-8-5-11(6-9-19)20-10-7-15/h11H,3-10H2,1-2H3. The van der Waals surface area contributed by atoms with Gasteiger partial charge in [0.05, 0.1) is 24.1 Å². The maximum absolute atomic E-state index is 5.77. The van der Waals surface area contributed by atoms with E-state index in [0.29, 0.717) is 6.10 Å². The van der Waals surface area contributed by atoms with E-state index in [-0.39, 0.29) is 0 Å². The number of alkyl halides is 1. The van der Waals surface area contributed by atoms with Crippen molar-refractivity contribution in [1.29, 1.82) is 0 Å². The molecule has 0 saturated carbocycles. The monoisotopic (exact) mass is 342 g/mol. The SMILES string of the molecule is CCc1nnc(N2CCC(OCCBr)CC2)nc1CC. The van der Waals surface area contributed by atoms with Crippen LogP contribution in [0.15, 0.2) is 0 Å². The van der Waals surface area contributed by atoms with Gasteiger partial charge in [0.2, 0.25) is 5.95 Å². The molecule has 2 heterocycles. The Hall–Kier alpha value is -0.750. The summed E-state index contributed by atoms with van der Waals surface area (Å²) < 4.78 is 5.77. The fraction of sp³-hybridized carbons (Fsp3) is 0.786. The highest BCUT2D eigenvalue weighted by molar-refractivity contribution is 9.09. The first-order valence-electron chi connectivity index (χ1n) is 7.43. The molecule has 1 aliphatic heterocycles. The van der Waals surface area contributed by atoms with E-state index >= 15 is 0 Å². The molecular formula is C14H23BrN4O. The van der Waals surface area contributed by atoms with E-state index in [2.05, 4.69) is 49.9 Å². The molecule has 0 aliphatic carbocycles. The van der Waals surface area contributed by atoms with Crippen LogP contribution in [0.5, 0.6) is 0 Å². The summed E-state index contributed by atoms with van der Waals surface area (Å²) in [6.07, 6.45) is 4.25. The van der Waals surface area contributed by atoms with E-state index in [1.54, 1.807) is 0 Å². The molecule has 0 bridgehead atoms. The van der Waals surface area contributed by atoms with E-state index in [1.165, 1.54) is 0 Å². The molecule has 0 amide bonds. The summed E-state index contributed by atoms with van der Waals surface area (Å²) in [5, 5.41) is 9.51.